The van der Waals surface area contributed by atoms with Crippen molar-refractivity contribution in [2.24, 2.45) is 11.8 Å². The molecule has 1 amide bonds. The van der Waals surface area contributed by atoms with Gasteiger partial charge < -0.3 is 14.6 Å². The Morgan fingerprint density at radius 3 is 3.08 bits per heavy atom. The average molecular weight is 342 g/mol. The fourth-order valence-corrected chi connectivity index (χ4v) is 3.79. The molecule has 0 aliphatic carbocycles. The number of hydrogen-bond acceptors (Lipinski definition) is 6. The normalized spacial score (nSPS) is 26.3. The van der Waals surface area contributed by atoms with Crippen LogP contribution in [0.3, 0.4) is 0 Å². The minimum absolute atomic E-state index is 0.0448. The van der Waals surface area contributed by atoms with E-state index in [1.807, 2.05) is 18.3 Å². The molecule has 132 valence electrons. The van der Waals surface area contributed by atoms with E-state index < -0.39 is 0 Å². The minimum atomic E-state index is -0.245. The van der Waals surface area contributed by atoms with Gasteiger partial charge in [0.1, 0.15) is 0 Å². The quantitative estimate of drug-likeness (QED) is 0.883. The third-order valence-electron chi connectivity index (χ3n) is 5.13. The molecule has 2 saturated heterocycles. The van der Waals surface area contributed by atoms with Gasteiger partial charge in [-0.2, -0.15) is 0 Å². The molecule has 0 spiro atoms. The molecule has 0 bridgehead atoms. The first-order valence-corrected chi connectivity index (χ1v) is 8.72. The standard InChI is InChI=1S/C18H22N4O3/c23-18(16-4-7-21-25-16)20-9-17-15-11-22(8-5-13(15)12-24-17)10-14-3-1-2-6-19-14/h1-4,6-7,13,15,17H,5,8-12H2,(H,20,23)/t13-,15-,17+/m1/s1. The summed E-state index contributed by atoms with van der Waals surface area (Å²) >= 11 is 0. The summed E-state index contributed by atoms with van der Waals surface area (Å²) < 4.78 is 10.8. The number of ether oxygens (including phenoxy) is 1. The number of carbonyl (C=O) groups is 1. The van der Waals surface area contributed by atoms with Crippen molar-refractivity contribution in [3.8, 4) is 0 Å². The van der Waals surface area contributed by atoms with Crippen molar-refractivity contribution in [3.05, 3.63) is 48.1 Å². The molecular weight excluding hydrogens is 320 g/mol. The summed E-state index contributed by atoms with van der Waals surface area (Å²) in [4.78, 5) is 18.9. The molecule has 0 saturated carbocycles. The first-order valence-electron chi connectivity index (χ1n) is 8.72. The van der Waals surface area contributed by atoms with E-state index in [0.717, 1.165) is 38.4 Å². The largest absolute Gasteiger partial charge is 0.376 e. The van der Waals surface area contributed by atoms with Gasteiger partial charge in [0.15, 0.2) is 0 Å². The first-order chi connectivity index (χ1) is 12.3. The summed E-state index contributed by atoms with van der Waals surface area (Å²) in [5, 5.41) is 6.45. The minimum Gasteiger partial charge on any atom is -0.376 e. The number of likely N-dealkylation sites (tertiary alicyclic amines) is 1. The van der Waals surface area contributed by atoms with E-state index in [1.165, 1.54) is 6.20 Å². The lowest BCUT2D eigenvalue weighted by Crippen LogP contribution is -2.45. The lowest BCUT2D eigenvalue weighted by atomic mass is 9.84. The van der Waals surface area contributed by atoms with Gasteiger partial charge in [0, 0.05) is 37.8 Å². The number of hydrogen-bond donors (Lipinski definition) is 1. The molecule has 1 N–H and O–H groups in total. The molecule has 4 heterocycles. The number of nitrogens with one attached hydrogen (secondary N) is 1. The van der Waals surface area contributed by atoms with Gasteiger partial charge in [0.05, 0.1) is 24.6 Å². The Labute approximate surface area is 146 Å². The molecule has 0 aromatic carbocycles. The molecule has 2 aliphatic heterocycles. The summed E-state index contributed by atoms with van der Waals surface area (Å²) in [6.07, 6.45) is 4.48. The summed E-state index contributed by atoms with van der Waals surface area (Å²) in [5.41, 5.74) is 1.09. The van der Waals surface area contributed by atoms with Crippen LogP contribution in [0, 0.1) is 11.8 Å². The van der Waals surface area contributed by atoms with Crippen LogP contribution in [-0.4, -0.2) is 53.3 Å². The molecule has 2 aliphatic rings. The van der Waals surface area contributed by atoms with E-state index in [1.54, 1.807) is 6.07 Å². The van der Waals surface area contributed by atoms with Crippen LogP contribution in [0.15, 0.2) is 41.2 Å². The summed E-state index contributed by atoms with van der Waals surface area (Å²) in [6.45, 7) is 4.19. The van der Waals surface area contributed by atoms with Crippen LogP contribution in [-0.2, 0) is 11.3 Å². The fraction of sp³-hybridized carbons (Fsp3) is 0.500. The second kappa shape index (κ2) is 7.33. The van der Waals surface area contributed by atoms with Crippen molar-refractivity contribution in [2.45, 2.75) is 19.1 Å². The lowest BCUT2D eigenvalue weighted by molar-refractivity contribution is 0.0662. The molecule has 2 aromatic heterocycles. The Hall–Kier alpha value is -2.25. The van der Waals surface area contributed by atoms with Crippen molar-refractivity contribution in [3.63, 3.8) is 0 Å². The van der Waals surface area contributed by atoms with E-state index in [2.05, 4.69) is 26.4 Å². The zero-order valence-electron chi connectivity index (χ0n) is 14.0. The van der Waals surface area contributed by atoms with Crippen molar-refractivity contribution < 1.29 is 14.1 Å². The molecule has 3 atom stereocenters. The number of pyridine rings is 1. The third kappa shape index (κ3) is 3.72. The van der Waals surface area contributed by atoms with Crippen LogP contribution < -0.4 is 5.32 Å². The van der Waals surface area contributed by atoms with Gasteiger partial charge in [-0.05, 0) is 31.0 Å². The van der Waals surface area contributed by atoms with Gasteiger partial charge in [-0.25, -0.2) is 0 Å². The van der Waals surface area contributed by atoms with E-state index in [4.69, 9.17) is 9.26 Å². The Kier molecular flexibility index (Phi) is 4.76. The van der Waals surface area contributed by atoms with Crippen LogP contribution in [0.5, 0.6) is 0 Å². The maximum absolute atomic E-state index is 12.0. The second-order valence-corrected chi connectivity index (χ2v) is 6.73. The number of nitrogens with zero attached hydrogens (tertiary/aromatic N) is 3. The molecule has 4 rings (SSSR count). The molecule has 25 heavy (non-hydrogen) atoms. The molecule has 0 unspecified atom stereocenters. The van der Waals surface area contributed by atoms with Gasteiger partial charge >= 0.3 is 0 Å². The number of piperidine rings is 1. The van der Waals surface area contributed by atoms with Gasteiger partial charge in [-0.1, -0.05) is 11.2 Å². The molecule has 2 fully saturated rings. The molecule has 0 radical (unpaired) electrons. The smallest absolute Gasteiger partial charge is 0.289 e. The molecule has 7 nitrogen and oxygen atoms in total. The topological polar surface area (TPSA) is 80.5 Å². The van der Waals surface area contributed by atoms with Gasteiger partial charge in [-0.3, -0.25) is 14.7 Å². The first kappa shape index (κ1) is 16.2. The second-order valence-electron chi connectivity index (χ2n) is 6.73. The van der Waals surface area contributed by atoms with Crippen LogP contribution >= 0.6 is 0 Å². The number of rotatable bonds is 5. The van der Waals surface area contributed by atoms with Crippen LogP contribution in [0.4, 0.5) is 0 Å². The van der Waals surface area contributed by atoms with E-state index in [-0.39, 0.29) is 17.8 Å². The van der Waals surface area contributed by atoms with Gasteiger partial charge in [-0.15, -0.1) is 0 Å². The lowest BCUT2D eigenvalue weighted by Gasteiger charge is -2.35. The van der Waals surface area contributed by atoms with Crippen molar-refractivity contribution in [1.82, 2.24) is 20.4 Å². The zero-order valence-corrected chi connectivity index (χ0v) is 14.0. The highest BCUT2D eigenvalue weighted by molar-refractivity contribution is 5.91. The number of carbonyl (C=O) groups excluding carboxylic acids is 1. The number of fused-ring (bicyclic) bond motifs is 1. The van der Waals surface area contributed by atoms with Crippen molar-refractivity contribution in [2.75, 3.05) is 26.2 Å². The van der Waals surface area contributed by atoms with Crippen molar-refractivity contribution in [1.29, 1.82) is 0 Å². The average Bonchev–Trinajstić information content (AvgIpc) is 3.31. The maximum Gasteiger partial charge on any atom is 0.289 e. The molecular formula is C18H22N4O3. The van der Waals surface area contributed by atoms with Crippen LogP contribution in [0.25, 0.3) is 0 Å². The SMILES string of the molecule is O=C(NC[C@@H]1OC[C@H]2CCN(Cc3ccccn3)C[C@H]21)c1ccno1. The number of amides is 1. The Balaban J connectivity index is 1.33. The monoisotopic (exact) mass is 342 g/mol. The predicted octanol–water partition coefficient (Wildman–Crippen LogP) is 1.34. The van der Waals surface area contributed by atoms with Gasteiger partial charge in [0.25, 0.3) is 5.91 Å². The number of aromatic nitrogens is 2. The van der Waals surface area contributed by atoms with Gasteiger partial charge in [0.2, 0.25) is 5.76 Å². The zero-order chi connectivity index (χ0) is 17.1. The molecule has 7 heteroatoms. The van der Waals surface area contributed by atoms with E-state index >= 15 is 0 Å². The van der Waals surface area contributed by atoms with Crippen molar-refractivity contribution >= 4 is 5.91 Å². The summed E-state index contributed by atoms with van der Waals surface area (Å²) in [5.74, 6) is 1.00. The van der Waals surface area contributed by atoms with Crippen LogP contribution in [0.2, 0.25) is 0 Å². The van der Waals surface area contributed by atoms with E-state index in [9.17, 15) is 4.79 Å². The highest BCUT2D eigenvalue weighted by Gasteiger charge is 2.40. The van der Waals surface area contributed by atoms with Crippen LogP contribution in [0.1, 0.15) is 22.7 Å². The molecule has 2 aromatic rings. The summed E-state index contributed by atoms with van der Waals surface area (Å²) in [7, 11) is 0. The third-order valence-corrected chi connectivity index (χ3v) is 5.13. The maximum atomic E-state index is 12.0. The Morgan fingerprint density at radius 1 is 1.32 bits per heavy atom. The summed E-state index contributed by atoms with van der Waals surface area (Å²) in [6, 6.07) is 7.58. The Bertz CT molecular complexity index is 692. The van der Waals surface area contributed by atoms with E-state index in [0.29, 0.717) is 18.4 Å². The predicted molar refractivity (Wildman–Crippen MR) is 89.7 cm³/mol. The Morgan fingerprint density at radius 2 is 2.28 bits per heavy atom. The highest BCUT2D eigenvalue weighted by atomic mass is 16.5. The fourth-order valence-electron chi connectivity index (χ4n) is 3.79. The highest BCUT2D eigenvalue weighted by Crippen LogP contribution is 2.34.